The van der Waals surface area contributed by atoms with Crippen molar-refractivity contribution in [1.82, 2.24) is 10.2 Å². The molecule has 1 heterocycles. The van der Waals surface area contributed by atoms with E-state index in [9.17, 15) is 23.9 Å². The van der Waals surface area contributed by atoms with Crippen molar-refractivity contribution < 1.29 is 23.9 Å². The summed E-state index contributed by atoms with van der Waals surface area (Å²) in [7, 11) is 0. The SMILES string of the molecule is CC(C)NC(=O)CN1CCN(c2ccc(C(=O)O)cc2NC(=O)c2ccccc2F)CC1. The zero-order valence-corrected chi connectivity index (χ0v) is 18.1. The third-order valence-corrected chi connectivity index (χ3v) is 5.14. The Bertz CT molecular complexity index is 1000. The molecule has 3 rings (SSSR count). The summed E-state index contributed by atoms with van der Waals surface area (Å²) < 4.78 is 14.0. The van der Waals surface area contributed by atoms with Crippen LogP contribution in [0.3, 0.4) is 0 Å². The van der Waals surface area contributed by atoms with Crippen LogP contribution in [0.15, 0.2) is 42.5 Å². The molecular formula is C23H27FN4O4. The number of carboxylic acid groups (broad SMARTS) is 1. The predicted octanol–water partition coefficient (Wildman–Crippen LogP) is 2.42. The Labute approximate surface area is 186 Å². The smallest absolute Gasteiger partial charge is 0.335 e. The van der Waals surface area contributed by atoms with Gasteiger partial charge in [0.25, 0.3) is 5.91 Å². The van der Waals surface area contributed by atoms with Crippen molar-refractivity contribution in [3.63, 3.8) is 0 Å². The highest BCUT2D eigenvalue weighted by Gasteiger charge is 2.23. The number of carbonyl (C=O) groups excluding carboxylic acids is 2. The number of carbonyl (C=O) groups is 3. The summed E-state index contributed by atoms with van der Waals surface area (Å²) in [5.74, 6) is -2.47. The Morgan fingerprint density at radius 2 is 1.75 bits per heavy atom. The maximum Gasteiger partial charge on any atom is 0.335 e. The van der Waals surface area contributed by atoms with Crippen LogP contribution in [-0.2, 0) is 4.79 Å². The number of anilines is 2. The van der Waals surface area contributed by atoms with Crippen molar-refractivity contribution in [2.45, 2.75) is 19.9 Å². The summed E-state index contributed by atoms with van der Waals surface area (Å²) in [6, 6.07) is 10.2. The lowest BCUT2D eigenvalue weighted by molar-refractivity contribution is -0.122. The Morgan fingerprint density at radius 1 is 1.06 bits per heavy atom. The second-order valence-electron chi connectivity index (χ2n) is 7.96. The monoisotopic (exact) mass is 442 g/mol. The van der Waals surface area contributed by atoms with Gasteiger partial charge >= 0.3 is 5.97 Å². The van der Waals surface area contributed by atoms with Crippen LogP contribution in [0.1, 0.15) is 34.6 Å². The molecule has 0 bridgehead atoms. The molecule has 0 aliphatic carbocycles. The Kier molecular flexibility index (Phi) is 7.42. The molecule has 3 N–H and O–H groups in total. The molecule has 9 heteroatoms. The minimum Gasteiger partial charge on any atom is -0.478 e. The van der Waals surface area contributed by atoms with E-state index in [2.05, 4.69) is 10.6 Å². The number of hydrogen-bond acceptors (Lipinski definition) is 5. The standard InChI is InChI=1S/C23H27FN4O4/c1-15(2)25-21(29)14-27-9-11-28(12-10-27)20-8-7-16(23(31)32)13-19(20)26-22(30)17-5-3-4-6-18(17)24/h3-8,13,15H,9-12,14H2,1-2H3,(H,25,29)(H,26,30)(H,31,32). The van der Waals surface area contributed by atoms with Gasteiger partial charge in [-0.2, -0.15) is 0 Å². The zero-order valence-electron chi connectivity index (χ0n) is 18.1. The molecule has 1 aliphatic rings. The summed E-state index contributed by atoms with van der Waals surface area (Å²) in [6.07, 6.45) is 0. The van der Waals surface area contributed by atoms with Gasteiger partial charge in [0.15, 0.2) is 0 Å². The number of nitrogens with one attached hydrogen (secondary N) is 2. The van der Waals surface area contributed by atoms with Crippen LogP contribution in [0.2, 0.25) is 0 Å². The van der Waals surface area contributed by atoms with Gasteiger partial charge in [-0.25, -0.2) is 9.18 Å². The summed E-state index contributed by atoms with van der Waals surface area (Å²) in [6.45, 7) is 6.57. The van der Waals surface area contributed by atoms with Crippen molar-refractivity contribution in [3.8, 4) is 0 Å². The van der Waals surface area contributed by atoms with E-state index in [1.807, 2.05) is 23.6 Å². The van der Waals surface area contributed by atoms with Gasteiger partial charge < -0.3 is 20.6 Å². The lowest BCUT2D eigenvalue weighted by atomic mass is 10.1. The number of nitrogens with zero attached hydrogens (tertiary/aromatic N) is 2. The molecule has 32 heavy (non-hydrogen) atoms. The first-order valence-electron chi connectivity index (χ1n) is 10.4. The first kappa shape index (κ1) is 23.2. The van der Waals surface area contributed by atoms with E-state index in [1.54, 1.807) is 12.1 Å². The number of piperazine rings is 1. The number of carboxylic acids is 1. The number of halogens is 1. The number of rotatable bonds is 7. The van der Waals surface area contributed by atoms with Gasteiger partial charge in [-0.1, -0.05) is 12.1 Å². The van der Waals surface area contributed by atoms with Gasteiger partial charge in [-0.15, -0.1) is 0 Å². The molecular weight excluding hydrogens is 415 g/mol. The molecule has 0 spiro atoms. The first-order chi connectivity index (χ1) is 15.2. The van der Waals surface area contributed by atoms with Gasteiger partial charge in [0.05, 0.1) is 29.0 Å². The Balaban J connectivity index is 1.75. The van der Waals surface area contributed by atoms with Crippen LogP contribution in [0.25, 0.3) is 0 Å². The Hall–Kier alpha value is -3.46. The molecule has 0 aromatic heterocycles. The average Bonchev–Trinajstić information content (AvgIpc) is 2.74. The van der Waals surface area contributed by atoms with E-state index < -0.39 is 17.7 Å². The normalized spacial score (nSPS) is 14.3. The van der Waals surface area contributed by atoms with Crippen LogP contribution in [-0.4, -0.2) is 66.6 Å². The van der Waals surface area contributed by atoms with Crippen molar-refractivity contribution >= 4 is 29.2 Å². The first-order valence-corrected chi connectivity index (χ1v) is 10.4. The Morgan fingerprint density at radius 3 is 2.38 bits per heavy atom. The third kappa shape index (κ3) is 5.82. The molecule has 0 atom stereocenters. The molecule has 0 radical (unpaired) electrons. The minimum absolute atomic E-state index is 0.0153. The summed E-state index contributed by atoms with van der Waals surface area (Å²) >= 11 is 0. The van der Waals surface area contributed by atoms with E-state index in [0.29, 0.717) is 44.1 Å². The number of hydrogen-bond donors (Lipinski definition) is 3. The molecule has 0 saturated carbocycles. The highest BCUT2D eigenvalue weighted by atomic mass is 19.1. The van der Waals surface area contributed by atoms with E-state index in [0.717, 1.165) is 0 Å². The second-order valence-corrected chi connectivity index (χ2v) is 7.96. The third-order valence-electron chi connectivity index (χ3n) is 5.14. The van der Waals surface area contributed by atoms with E-state index in [4.69, 9.17) is 0 Å². The number of amides is 2. The maximum atomic E-state index is 14.0. The largest absolute Gasteiger partial charge is 0.478 e. The topological polar surface area (TPSA) is 102 Å². The summed E-state index contributed by atoms with van der Waals surface area (Å²) in [5, 5.41) is 14.9. The minimum atomic E-state index is -1.13. The van der Waals surface area contributed by atoms with Crippen molar-refractivity contribution in [2.75, 3.05) is 42.9 Å². The van der Waals surface area contributed by atoms with Crippen LogP contribution in [0, 0.1) is 5.82 Å². The molecule has 0 unspecified atom stereocenters. The van der Waals surface area contributed by atoms with Crippen molar-refractivity contribution in [2.24, 2.45) is 0 Å². The highest BCUT2D eigenvalue weighted by molar-refractivity contribution is 6.07. The van der Waals surface area contributed by atoms with E-state index in [1.165, 1.54) is 30.3 Å². The fourth-order valence-corrected chi connectivity index (χ4v) is 3.60. The van der Waals surface area contributed by atoms with Gasteiger partial charge in [0.1, 0.15) is 5.82 Å². The van der Waals surface area contributed by atoms with Gasteiger partial charge in [-0.3, -0.25) is 14.5 Å². The molecule has 1 aliphatic heterocycles. The molecule has 8 nitrogen and oxygen atoms in total. The molecule has 1 fully saturated rings. The average molecular weight is 442 g/mol. The quantitative estimate of drug-likeness (QED) is 0.609. The van der Waals surface area contributed by atoms with Crippen molar-refractivity contribution in [3.05, 3.63) is 59.4 Å². The second kappa shape index (κ2) is 10.2. The van der Waals surface area contributed by atoms with E-state index >= 15 is 0 Å². The van der Waals surface area contributed by atoms with Crippen LogP contribution in [0.4, 0.5) is 15.8 Å². The highest BCUT2D eigenvalue weighted by Crippen LogP contribution is 2.29. The molecule has 1 saturated heterocycles. The molecule has 170 valence electrons. The van der Waals surface area contributed by atoms with E-state index in [-0.39, 0.29) is 23.1 Å². The number of benzene rings is 2. The maximum absolute atomic E-state index is 14.0. The van der Waals surface area contributed by atoms with Crippen LogP contribution < -0.4 is 15.5 Å². The molecule has 2 aromatic carbocycles. The van der Waals surface area contributed by atoms with Crippen LogP contribution in [0.5, 0.6) is 0 Å². The van der Waals surface area contributed by atoms with Gasteiger partial charge in [0, 0.05) is 32.2 Å². The number of aromatic carboxylic acids is 1. The summed E-state index contributed by atoms with van der Waals surface area (Å²) in [4.78, 5) is 40.1. The lowest BCUT2D eigenvalue weighted by Crippen LogP contribution is -2.50. The fourth-order valence-electron chi connectivity index (χ4n) is 3.60. The molecule has 2 aromatic rings. The fraction of sp³-hybridized carbons (Fsp3) is 0.348. The van der Waals surface area contributed by atoms with Gasteiger partial charge in [0.2, 0.25) is 5.91 Å². The molecule has 2 amide bonds. The van der Waals surface area contributed by atoms with Gasteiger partial charge in [-0.05, 0) is 44.2 Å². The lowest BCUT2D eigenvalue weighted by Gasteiger charge is -2.36. The summed E-state index contributed by atoms with van der Waals surface area (Å²) in [5.41, 5.74) is 0.830. The van der Waals surface area contributed by atoms with Crippen LogP contribution >= 0.6 is 0 Å². The van der Waals surface area contributed by atoms with Crippen molar-refractivity contribution in [1.29, 1.82) is 0 Å². The predicted molar refractivity (Wildman–Crippen MR) is 120 cm³/mol. The zero-order chi connectivity index (χ0) is 23.3.